The molecule has 0 saturated carbocycles. The van der Waals surface area contributed by atoms with Gasteiger partial charge in [-0.3, -0.25) is 0 Å². The first-order chi connectivity index (χ1) is 15.3. The molecular weight excluding hydrogens is 428 g/mol. The fourth-order valence-corrected chi connectivity index (χ4v) is 4.11. The summed E-state index contributed by atoms with van der Waals surface area (Å²) in [4.78, 5) is 8.97. The molecule has 4 rings (SSSR count). The van der Waals surface area contributed by atoms with Crippen molar-refractivity contribution in [3.63, 3.8) is 0 Å². The summed E-state index contributed by atoms with van der Waals surface area (Å²) in [6.07, 6.45) is 1.51. The molecule has 0 aliphatic heterocycles. The van der Waals surface area contributed by atoms with Gasteiger partial charge in [-0.15, -0.1) is 10.2 Å². The Kier molecular flexibility index (Phi) is 5.72. The normalized spacial score (nSPS) is 11.8. The molecule has 32 heavy (non-hydrogen) atoms. The van der Waals surface area contributed by atoms with Gasteiger partial charge in [-0.05, 0) is 43.7 Å². The summed E-state index contributed by atoms with van der Waals surface area (Å²) in [7, 11) is -3.36. The second-order valence-corrected chi connectivity index (χ2v) is 9.93. The molecule has 2 heterocycles. The van der Waals surface area contributed by atoms with Crippen LogP contribution in [0.15, 0.2) is 64.0 Å². The van der Waals surface area contributed by atoms with E-state index < -0.39 is 15.1 Å². The predicted octanol–water partition coefficient (Wildman–Crippen LogP) is 4.07. The van der Waals surface area contributed by atoms with Crippen molar-refractivity contribution in [2.75, 3.05) is 5.73 Å². The summed E-state index contributed by atoms with van der Waals surface area (Å²) in [5, 5.41) is 7.65. The van der Waals surface area contributed by atoms with Crippen molar-refractivity contribution < 1.29 is 18.5 Å². The molecule has 0 aliphatic carbocycles. The number of sulfone groups is 1. The molecule has 0 atom stereocenters. The topological polar surface area (TPSA) is 151 Å². The van der Waals surface area contributed by atoms with Gasteiger partial charge in [-0.25, -0.2) is 18.4 Å². The van der Waals surface area contributed by atoms with Gasteiger partial charge in [0.05, 0.1) is 22.0 Å². The Hall–Kier alpha value is -3.63. The van der Waals surface area contributed by atoms with Gasteiger partial charge in [0, 0.05) is 23.4 Å². The Morgan fingerprint density at radius 2 is 1.75 bits per heavy atom. The van der Waals surface area contributed by atoms with E-state index in [2.05, 4.69) is 20.2 Å². The maximum Gasteiger partial charge on any atom is 0.270 e. The molecule has 0 aliphatic rings. The fourth-order valence-electron chi connectivity index (χ4n) is 3.05. The number of nitrogens with two attached hydrogens (primary N) is 2. The molecule has 0 unspecified atom stereocenters. The Labute approximate surface area is 191 Å². The van der Waals surface area contributed by atoms with Crippen LogP contribution < -0.4 is 11.5 Å². The van der Waals surface area contributed by atoms with Crippen molar-refractivity contribution >= 4 is 15.7 Å². The molecule has 0 bridgehead atoms. The summed E-state index contributed by atoms with van der Waals surface area (Å²) in [6, 6.07) is 13.9. The van der Waals surface area contributed by atoms with Crippen molar-refractivity contribution in [1.82, 2.24) is 20.2 Å². The summed E-state index contributed by atoms with van der Waals surface area (Å²) >= 11 is 0. The highest BCUT2D eigenvalue weighted by Crippen LogP contribution is 2.29. The second kappa shape index (κ2) is 8.48. The molecule has 10 heteroatoms. The standard InChI is InChI=1S/C22H22N6O3S.4H2/c1-13(2)32(29,30)17-8-6-15(7-9-17)18-12-25-20(24)19(26-18)22-28-27-21(31-22)16-5-3-4-14(10-16)11-23;;;;/h3-10,12-13H,11,23H2,1-2H3,(H2,24,25);4*1H. The first-order valence-corrected chi connectivity index (χ1v) is 11.4. The number of anilines is 1. The third-order valence-corrected chi connectivity index (χ3v) is 7.11. The summed E-state index contributed by atoms with van der Waals surface area (Å²) in [6.45, 7) is 3.68. The third-order valence-electron chi connectivity index (χ3n) is 4.94. The third kappa shape index (κ3) is 4.10. The lowest BCUT2D eigenvalue weighted by Crippen LogP contribution is -2.13. The quantitative estimate of drug-likeness (QED) is 0.435. The zero-order chi connectivity index (χ0) is 22.9. The zero-order valence-electron chi connectivity index (χ0n) is 17.6. The molecule has 0 amide bonds. The van der Waals surface area contributed by atoms with Crippen LogP contribution >= 0.6 is 0 Å². The fraction of sp³-hybridized carbons (Fsp3) is 0.182. The molecule has 4 aromatic rings. The number of hydrogen-bond acceptors (Lipinski definition) is 9. The molecule has 0 radical (unpaired) electrons. The molecule has 0 saturated heterocycles. The Balaban J connectivity index is 0.00000306. The zero-order valence-corrected chi connectivity index (χ0v) is 18.4. The van der Waals surface area contributed by atoms with Crippen molar-refractivity contribution in [3.05, 3.63) is 60.3 Å². The number of rotatable bonds is 6. The van der Waals surface area contributed by atoms with Crippen LogP contribution in [0.2, 0.25) is 0 Å². The lowest BCUT2D eigenvalue weighted by Gasteiger charge is -2.09. The van der Waals surface area contributed by atoms with E-state index in [4.69, 9.17) is 15.9 Å². The number of nitrogen functional groups attached to an aromatic ring is 1. The van der Waals surface area contributed by atoms with Gasteiger partial charge in [-0.2, -0.15) is 0 Å². The molecule has 172 valence electrons. The van der Waals surface area contributed by atoms with Gasteiger partial charge in [-0.1, -0.05) is 24.3 Å². The number of aromatic nitrogens is 4. The van der Waals surface area contributed by atoms with Crippen LogP contribution in [-0.2, 0) is 16.4 Å². The highest BCUT2D eigenvalue weighted by atomic mass is 32.2. The van der Waals surface area contributed by atoms with Gasteiger partial charge in [0.1, 0.15) is 0 Å². The largest absolute Gasteiger partial charge is 0.414 e. The second-order valence-electron chi connectivity index (χ2n) is 7.42. The average Bonchev–Trinajstić information content (AvgIpc) is 3.29. The first kappa shape index (κ1) is 21.6. The summed E-state index contributed by atoms with van der Waals surface area (Å²) in [5.41, 5.74) is 14.8. The predicted molar refractivity (Wildman–Crippen MR) is 129 cm³/mol. The Bertz CT molecular complexity index is 1380. The van der Waals surface area contributed by atoms with Gasteiger partial charge in [0.15, 0.2) is 21.3 Å². The Morgan fingerprint density at radius 3 is 2.44 bits per heavy atom. The van der Waals surface area contributed by atoms with Crippen molar-refractivity contribution in [1.29, 1.82) is 0 Å². The van der Waals surface area contributed by atoms with Gasteiger partial charge < -0.3 is 15.9 Å². The van der Waals surface area contributed by atoms with Crippen molar-refractivity contribution in [2.45, 2.75) is 30.5 Å². The molecular formula is C22H30N6O3S. The van der Waals surface area contributed by atoms with Gasteiger partial charge in [0.2, 0.25) is 5.89 Å². The first-order valence-electron chi connectivity index (χ1n) is 9.89. The summed E-state index contributed by atoms with van der Waals surface area (Å²) in [5.74, 6) is 0.577. The minimum Gasteiger partial charge on any atom is -0.414 e. The Morgan fingerprint density at radius 1 is 1.03 bits per heavy atom. The van der Waals surface area contributed by atoms with Crippen LogP contribution in [0.1, 0.15) is 25.1 Å². The molecule has 4 N–H and O–H groups in total. The van der Waals surface area contributed by atoms with E-state index in [0.717, 1.165) is 11.1 Å². The maximum absolute atomic E-state index is 12.3. The van der Waals surface area contributed by atoms with Gasteiger partial charge >= 0.3 is 0 Å². The van der Waals surface area contributed by atoms with E-state index in [-0.39, 0.29) is 28.0 Å². The SMILES string of the molecule is CC(C)S(=O)(=O)c1ccc(-c2cnc(N)c(-c3nnc(-c4cccc(CN)c4)o3)n2)cc1.[HH].[HH].[HH].[HH]. The number of hydrogen-bond donors (Lipinski definition) is 2. The van der Waals surface area contributed by atoms with Crippen LogP contribution in [0.25, 0.3) is 34.3 Å². The summed E-state index contributed by atoms with van der Waals surface area (Å²) < 4.78 is 30.5. The minimum atomic E-state index is -3.36. The molecule has 9 nitrogen and oxygen atoms in total. The monoisotopic (exact) mass is 458 g/mol. The van der Waals surface area contributed by atoms with Crippen LogP contribution in [-0.4, -0.2) is 33.8 Å². The van der Waals surface area contributed by atoms with Crippen LogP contribution in [0.4, 0.5) is 5.82 Å². The minimum absolute atomic E-state index is 0. The number of nitrogens with zero attached hydrogens (tertiary/aromatic N) is 4. The van der Waals surface area contributed by atoms with E-state index in [1.165, 1.54) is 6.20 Å². The molecule has 2 aromatic heterocycles. The van der Waals surface area contributed by atoms with Crippen LogP contribution in [0.5, 0.6) is 0 Å². The average molecular weight is 459 g/mol. The molecule has 0 fully saturated rings. The van der Waals surface area contributed by atoms with Crippen LogP contribution in [0, 0.1) is 0 Å². The lowest BCUT2D eigenvalue weighted by atomic mass is 10.1. The van der Waals surface area contributed by atoms with E-state index in [1.54, 1.807) is 38.1 Å². The van der Waals surface area contributed by atoms with E-state index in [1.807, 2.05) is 24.3 Å². The molecule has 0 spiro atoms. The highest BCUT2D eigenvalue weighted by molar-refractivity contribution is 7.92. The molecule has 2 aromatic carbocycles. The lowest BCUT2D eigenvalue weighted by molar-refractivity contribution is 0.582. The van der Waals surface area contributed by atoms with Crippen molar-refractivity contribution in [3.8, 4) is 34.3 Å². The van der Waals surface area contributed by atoms with Gasteiger partial charge in [0.25, 0.3) is 5.89 Å². The van der Waals surface area contributed by atoms with E-state index >= 15 is 0 Å². The highest BCUT2D eigenvalue weighted by Gasteiger charge is 2.20. The van der Waals surface area contributed by atoms with Crippen LogP contribution in [0.3, 0.4) is 0 Å². The van der Waals surface area contributed by atoms with E-state index in [9.17, 15) is 8.42 Å². The van der Waals surface area contributed by atoms with E-state index in [0.29, 0.717) is 23.7 Å². The number of benzene rings is 2. The smallest absolute Gasteiger partial charge is 0.270 e. The van der Waals surface area contributed by atoms with Crippen molar-refractivity contribution in [2.24, 2.45) is 5.73 Å². The maximum atomic E-state index is 12.3.